The fraction of sp³-hybridized carbons (Fsp3) is 0.227. The zero-order valence-corrected chi connectivity index (χ0v) is 16.0. The summed E-state index contributed by atoms with van der Waals surface area (Å²) in [5.74, 6) is 0.677. The van der Waals surface area contributed by atoms with Crippen molar-refractivity contribution in [2.75, 3.05) is 13.7 Å². The van der Waals surface area contributed by atoms with Crippen molar-refractivity contribution in [3.05, 3.63) is 82.0 Å². The molecule has 27 heavy (non-hydrogen) atoms. The fourth-order valence-corrected chi connectivity index (χ4v) is 3.83. The lowest BCUT2D eigenvalue weighted by molar-refractivity contribution is -0.120. The minimum atomic E-state index is -0.0418. The Balaban J connectivity index is 1.58. The minimum Gasteiger partial charge on any atom is -0.504 e. The lowest BCUT2D eigenvalue weighted by Crippen LogP contribution is -2.27. The van der Waals surface area contributed by atoms with Crippen molar-refractivity contribution in [3.8, 4) is 11.5 Å². The summed E-state index contributed by atoms with van der Waals surface area (Å²) in [5, 5.41) is 16.9. The molecule has 0 aliphatic carbocycles. The molecule has 1 unspecified atom stereocenters. The van der Waals surface area contributed by atoms with Gasteiger partial charge in [0.25, 0.3) is 0 Å². The molecule has 2 N–H and O–H groups in total. The zero-order chi connectivity index (χ0) is 19.1. The highest BCUT2D eigenvalue weighted by molar-refractivity contribution is 7.08. The number of carbonyl (C=O) groups is 1. The first-order valence-electron chi connectivity index (χ1n) is 8.87. The lowest BCUT2D eigenvalue weighted by atomic mass is 9.90. The Morgan fingerprint density at radius 2 is 1.96 bits per heavy atom. The van der Waals surface area contributed by atoms with Gasteiger partial charge >= 0.3 is 0 Å². The van der Waals surface area contributed by atoms with Gasteiger partial charge in [0.15, 0.2) is 11.5 Å². The molecule has 3 rings (SSSR count). The number of phenols is 1. The molecule has 5 heteroatoms. The number of benzene rings is 2. The molecule has 1 amide bonds. The average molecular weight is 381 g/mol. The van der Waals surface area contributed by atoms with Crippen LogP contribution in [0.25, 0.3) is 0 Å². The van der Waals surface area contributed by atoms with Gasteiger partial charge < -0.3 is 15.2 Å². The van der Waals surface area contributed by atoms with E-state index in [9.17, 15) is 9.90 Å². The molecule has 0 saturated heterocycles. The summed E-state index contributed by atoms with van der Waals surface area (Å²) in [4.78, 5) is 12.3. The van der Waals surface area contributed by atoms with Gasteiger partial charge in [0.05, 0.1) is 13.5 Å². The van der Waals surface area contributed by atoms with Crippen LogP contribution in [0.15, 0.2) is 65.4 Å². The molecule has 0 saturated carbocycles. The number of amides is 1. The number of ether oxygens (including phenoxy) is 1. The quantitative estimate of drug-likeness (QED) is 0.610. The second kappa shape index (κ2) is 9.24. The lowest BCUT2D eigenvalue weighted by Gasteiger charge is -2.17. The van der Waals surface area contributed by atoms with E-state index in [4.69, 9.17) is 4.74 Å². The molecular formula is C22H23NO3S. The van der Waals surface area contributed by atoms with Crippen LogP contribution < -0.4 is 10.1 Å². The average Bonchev–Trinajstić information content (AvgIpc) is 3.22. The molecule has 0 bridgehead atoms. The highest BCUT2D eigenvalue weighted by atomic mass is 32.1. The van der Waals surface area contributed by atoms with E-state index in [0.717, 1.165) is 12.0 Å². The maximum Gasteiger partial charge on any atom is 0.224 e. The third-order valence-electron chi connectivity index (χ3n) is 4.51. The van der Waals surface area contributed by atoms with Gasteiger partial charge in [0, 0.05) is 12.5 Å². The van der Waals surface area contributed by atoms with Crippen molar-refractivity contribution in [2.45, 2.75) is 18.8 Å². The van der Waals surface area contributed by atoms with E-state index in [1.807, 2.05) is 18.2 Å². The monoisotopic (exact) mass is 381 g/mol. The first kappa shape index (κ1) is 19.0. The van der Waals surface area contributed by atoms with Crippen LogP contribution in [0.5, 0.6) is 11.5 Å². The summed E-state index contributed by atoms with van der Waals surface area (Å²) in [5.41, 5.74) is 3.34. The molecule has 3 aromatic rings. The highest BCUT2D eigenvalue weighted by Crippen LogP contribution is 2.29. The molecule has 0 aliphatic rings. The number of methoxy groups -OCH3 is 1. The van der Waals surface area contributed by atoms with Gasteiger partial charge in [-0.15, -0.1) is 0 Å². The van der Waals surface area contributed by atoms with Gasteiger partial charge in [-0.2, -0.15) is 11.3 Å². The number of rotatable bonds is 8. The van der Waals surface area contributed by atoms with Crippen molar-refractivity contribution in [1.82, 2.24) is 5.32 Å². The Hall–Kier alpha value is -2.79. The van der Waals surface area contributed by atoms with E-state index in [2.05, 4.69) is 34.3 Å². The van der Waals surface area contributed by atoms with Crippen molar-refractivity contribution in [3.63, 3.8) is 0 Å². The second-order valence-electron chi connectivity index (χ2n) is 6.34. The van der Waals surface area contributed by atoms with Gasteiger partial charge in [0.2, 0.25) is 5.91 Å². The van der Waals surface area contributed by atoms with Gasteiger partial charge in [-0.25, -0.2) is 0 Å². The molecule has 0 radical (unpaired) electrons. The first-order valence-corrected chi connectivity index (χ1v) is 9.81. The first-order chi connectivity index (χ1) is 13.2. The van der Waals surface area contributed by atoms with E-state index < -0.39 is 0 Å². The predicted molar refractivity (Wildman–Crippen MR) is 109 cm³/mol. The highest BCUT2D eigenvalue weighted by Gasteiger charge is 2.15. The Kier molecular flexibility index (Phi) is 6.49. The molecule has 0 spiro atoms. The van der Waals surface area contributed by atoms with Crippen LogP contribution in [0.2, 0.25) is 0 Å². The van der Waals surface area contributed by atoms with Gasteiger partial charge in [-0.05, 0) is 52.1 Å². The van der Waals surface area contributed by atoms with E-state index in [1.54, 1.807) is 29.5 Å². The number of aromatic hydroxyl groups is 1. The summed E-state index contributed by atoms with van der Waals surface area (Å²) in [6, 6.07) is 17.5. The smallest absolute Gasteiger partial charge is 0.224 e. The van der Waals surface area contributed by atoms with Crippen LogP contribution in [0.4, 0.5) is 0 Å². The van der Waals surface area contributed by atoms with E-state index in [0.29, 0.717) is 12.3 Å². The molecule has 140 valence electrons. The molecule has 0 fully saturated rings. The van der Waals surface area contributed by atoms with Gasteiger partial charge in [-0.3, -0.25) is 4.79 Å². The van der Waals surface area contributed by atoms with E-state index >= 15 is 0 Å². The standard InChI is InChI=1S/C22H23NO3S/c1-26-21-13-16(7-8-20(21)24)14-22(25)23-11-9-19(18-10-12-27-15-18)17-5-3-2-4-6-17/h2-8,10,12-13,15,19,24H,9,11,14H2,1H3,(H,23,25). The Morgan fingerprint density at radius 3 is 2.67 bits per heavy atom. The molecule has 2 aromatic carbocycles. The van der Waals surface area contributed by atoms with Crippen LogP contribution >= 0.6 is 11.3 Å². The summed E-state index contributed by atoms with van der Waals surface area (Å²) < 4.78 is 5.09. The number of hydrogen-bond acceptors (Lipinski definition) is 4. The molecule has 1 heterocycles. The van der Waals surface area contributed by atoms with Crippen LogP contribution in [-0.4, -0.2) is 24.7 Å². The number of phenolic OH excluding ortho intramolecular Hbond substituents is 1. The van der Waals surface area contributed by atoms with Crippen molar-refractivity contribution in [2.24, 2.45) is 0 Å². The Labute approximate surface area is 163 Å². The molecule has 1 atom stereocenters. The molecule has 0 aliphatic heterocycles. The Bertz CT molecular complexity index is 863. The number of thiophene rings is 1. The van der Waals surface area contributed by atoms with Crippen molar-refractivity contribution < 1.29 is 14.6 Å². The molecular weight excluding hydrogens is 358 g/mol. The fourth-order valence-electron chi connectivity index (χ4n) is 3.12. The van der Waals surface area contributed by atoms with Crippen LogP contribution in [0.1, 0.15) is 29.0 Å². The van der Waals surface area contributed by atoms with Gasteiger partial charge in [0.1, 0.15) is 0 Å². The summed E-state index contributed by atoms with van der Waals surface area (Å²) in [6.45, 7) is 0.601. The zero-order valence-electron chi connectivity index (χ0n) is 15.2. The third kappa shape index (κ3) is 5.11. The maximum atomic E-state index is 12.3. The summed E-state index contributed by atoms with van der Waals surface area (Å²) in [6.07, 6.45) is 1.09. The molecule has 1 aromatic heterocycles. The minimum absolute atomic E-state index is 0.0418. The predicted octanol–water partition coefficient (Wildman–Crippen LogP) is 4.34. The SMILES string of the molecule is COc1cc(CC(=O)NCCC(c2ccccc2)c2ccsc2)ccc1O. The number of nitrogens with one attached hydrogen (secondary N) is 1. The van der Waals surface area contributed by atoms with Gasteiger partial charge in [-0.1, -0.05) is 36.4 Å². The molecule has 4 nitrogen and oxygen atoms in total. The van der Waals surface area contributed by atoms with Crippen LogP contribution in [0.3, 0.4) is 0 Å². The maximum absolute atomic E-state index is 12.3. The van der Waals surface area contributed by atoms with Crippen LogP contribution in [-0.2, 0) is 11.2 Å². The van der Waals surface area contributed by atoms with E-state index in [-0.39, 0.29) is 24.0 Å². The summed E-state index contributed by atoms with van der Waals surface area (Å²) in [7, 11) is 1.49. The van der Waals surface area contributed by atoms with Crippen molar-refractivity contribution in [1.29, 1.82) is 0 Å². The normalized spacial score (nSPS) is 11.7. The van der Waals surface area contributed by atoms with Crippen molar-refractivity contribution >= 4 is 17.2 Å². The second-order valence-corrected chi connectivity index (χ2v) is 7.12. The van der Waals surface area contributed by atoms with Crippen LogP contribution in [0, 0.1) is 0 Å². The largest absolute Gasteiger partial charge is 0.504 e. The Morgan fingerprint density at radius 1 is 1.15 bits per heavy atom. The number of carbonyl (C=O) groups excluding carboxylic acids is 1. The number of hydrogen-bond donors (Lipinski definition) is 2. The third-order valence-corrected chi connectivity index (χ3v) is 5.21. The summed E-state index contributed by atoms with van der Waals surface area (Å²) >= 11 is 1.69. The topological polar surface area (TPSA) is 58.6 Å². The van der Waals surface area contributed by atoms with E-state index in [1.165, 1.54) is 18.2 Å².